The van der Waals surface area contributed by atoms with Crippen molar-refractivity contribution in [2.75, 3.05) is 13.7 Å². The molecule has 3 nitrogen and oxygen atoms in total. The van der Waals surface area contributed by atoms with E-state index in [4.69, 9.17) is 4.74 Å². The second kappa shape index (κ2) is 5.54. The second-order valence-corrected chi connectivity index (χ2v) is 4.14. The highest BCUT2D eigenvalue weighted by molar-refractivity contribution is 5.77. The Morgan fingerprint density at radius 3 is 2.69 bits per heavy atom. The van der Waals surface area contributed by atoms with Crippen LogP contribution in [0.4, 0.5) is 0 Å². The van der Waals surface area contributed by atoms with Crippen LogP contribution in [0.3, 0.4) is 0 Å². The molecule has 0 atom stereocenters. The number of carbonyl (C=O) groups is 1. The standard InChI is InChI=1S/C13H19NO2/c1-9(2)11-6-5-10(3)12(7-11)16-8-13(15)14-4/h5-7,9H,8H2,1-4H3,(H,14,15). The molecule has 3 heteroatoms. The van der Waals surface area contributed by atoms with Gasteiger partial charge in [0.25, 0.3) is 5.91 Å². The van der Waals surface area contributed by atoms with Crippen molar-refractivity contribution in [3.63, 3.8) is 0 Å². The summed E-state index contributed by atoms with van der Waals surface area (Å²) in [5, 5.41) is 2.53. The maximum absolute atomic E-state index is 11.1. The summed E-state index contributed by atoms with van der Waals surface area (Å²) in [4.78, 5) is 11.1. The number of rotatable bonds is 4. The number of amides is 1. The number of nitrogens with one attached hydrogen (secondary N) is 1. The lowest BCUT2D eigenvalue weighted by Crippen LogP contribution is -2.25. The van der Waals surface area contributed by atoms with E-state index >= 15 is 0 Å². The average molecular weight is 221 g/mol. The third kappa shape index (κ3) is 3.26. The van der Waals surface area contributed by atoms with E-state index in [0.29, 0.717) is 5.92 Å². The summed E-state index contributed by atoms with van der Waals surface area (Å²) >= 11 is 0. The van der Waals surface area contributed by atoms with Gasteiger partial charge in [0.1, 0.15) is 5.75 Å². The number of likely N-dealkylation sites (N-methyl/N-ethyl adjacent to an activating group) is 1. The lowest BCUT2D eigenvalue weighted by molar-refractivity contribution is -0.122. The van der Waals surface area contributed by atoms with Crippen molar-refractivity contribution < 1.29 is 9.53 Å². The molecule has 0 bridgehead atoms. The average Bonchev–Trinajstić information content (AvgIpc) is 2.27. The fourth-order valence-electron chi connectivity index (χ4n) is 1.35. The van der Waals surface area contributed by atoms with Crippen LogP contribution in [0.15, 0.2) is 18.2 Å². The quantitative estimate of drug-likeness (QED) is 0.846. The first-order valence-corrected chi connectivity index (χ1v) is 5.48. The topological polar surface area (TPSA) is 38.3 Å². The molecule has 0 aliphatic carbocycles. The summed E-state index contributed by atoms with van der Waals surface area (Å²) in [6.07, 6.45) is 0. The van der Waals surface area contributed by atoms with Crippen LogP contribution in [0.1, 0.15) is 30.9 Å². The van der Waals surface area contributed by atoms with Crippen LogP contribution in [0, 0.1) is 6.92 Å². The zero-order valence-electron chi connectivity index (χ0n) is 10.3. The van der Waals surface area contributed by atoms with Crippen molar-refractivity contribution in [1.29, 1.82) is 0 Å². The van der Waals surface area contributed by atoms with E-state index in [9.17, 15) is 4.79 Å². The van der Waals surface area contributed by atoms with Crippen molar-refractivity contribution in [2.45, 2.75) is 26.7 Å². The molecule has 0 heterocycles. The molecular formula is C13H19NO2. The summed E-state index contributed by atoms with van der Waals surface area (Å²) in [5.74, 6) is 1.13. The third-order valence-electron chi connectivity index (χ3n) is 2.52. The summed E-state index contributed by atoms with van der Waals surface area (Å²) in [5.41, 5.74) is 2.27. The van der Waals surface area contributed by atoms with E-state index in [1.165, 1.54) is 5.56 Å². The van der Waals surface area contributed by atoms with E-state index in [1.807, 2.05) is 19.1 Å². The van der Waals surface area contributed by atoms with Crippen molar-refractivity contribution >= 4 is 5.91 Å². The first-order chi connectivity index (χ1) is 7.54. The van der Waals surface area contributed by atoms with Gasteiger partial charge in [0.15, 0.2) is 6.61 Å². The molecule has 0 fully saturated rings. The van der Waals surface area contributed by atoms with E-state index in [0.717, 1.165) is 11.3 Å². The van der Waals surface area contributed by atoms with Crippen LogP contribution >= 0.6 is 0 Å². The van der Waals surface area contributed by atoms with E-state index < -0.39 is 0 Å². The summed E-state index contributed by atoms with van der Waals surface area (Å²) in [7, 11) is 1.60. The van der Waals surface area contributed by atoms with E-state index in [-0.39, 0.29) is 12.5 Å². The molecule has 1 aromatic rings. The fourth-order valence-corrected chi connectivity index (χ4v) is 1.35. The van der Waals surface area contributed by atoms with Crippen molar-refractivity contribution in [3.05, 3.63) is 29.3 Å². The molecule has 88 valence electrons. The minimum Gasteiger partial charge on any atom is -0.483 e. The molecule has 1 N–H and O–H groups in total. The molecule has 0 aromatic heterocycles. The third-order valence-corrected chi connectivity index (χ3v) is 2.52. The van der Waals surface area contributed by atoms with Crippen LogP contribution in [0.2, 0.25) is 0 Å². The molecule has 16 heavy (non-hydrogen) atoms. The zero-order valence-corrected chi connectivity index (χ0v) is 10.3. The molecule has 0 spiro atoms. The summed E-state index contributed by atoms with van der Waals surface area (Å²) < 4.78 is 5.47. The van der Waals surface area contributed by atoms with Crippen LogP contribution in [-0.4, -0.2) is 19.6 Å². The van der Waals surface area contributed by atoms with Gasteiger partial charge in [-0.25, -0.2) is 0 Å². The van der Waals surface area contributed by atoms with Crippen LogP contribution in [0.5, 0.6) is 5.75 Å². The molecule has 0 saturated heterocycles. The number of benzene rings is 1. The predicted molar refractivity (Wildman–Crippen MR) is 64.8 cm³/mol. The minimum absolute atomic E-state index is 0.0683. The maximum Gasteiger partial charge on any atom is 0.257 e. The molecule has 0 radical (unpaired) electrons. The van der Waals surface area contributed by atoms with Gasteiger partial charge in [-0.05, 0) is 30.0 Å². The fraction of sp³-hybridized carbons (Fsp3) is 0.462. The number of aryl methyl sites for hydroxylation is 1. The SMILES string of the molecule is CNC(=O)COc1cc(C(C)C)ccc1C. The Balaban J connectivity index is 2.78. The number of carbonyl (C=O) groups excluding carboxylic acids is 1. The Labute approximate surface area is 96.8 Å². The highest BCUT2D eigenvalue weighted by Crippen LogP contribution is 2.24. The monoisotopic (exact) mass is 221 g/mol. The molecule has 1 amide bonds. The van der Waals surface area contributed by atoms with Crippen LogP contribution in [0.25, 0.3) is 0 Å². The van der Waals surface area contributed by atoms with Crippen molar-refractivity contribution in [2.24, 2.45) is 0 Å². The van der Waals surface area contributed by atoms with Crippen molar-refractivity contribution in [1.82, 2.24) is 5.32 Å². The van der Waals surface area contributed by atoms with Crippen LogP contribution in [-0.2, 0) is 4.79 Å². The first-order valence-electron chi connectivity index (χ1n) is 5.48. The lowest BCUT2D eigenvalue weighted by Gasteiger charge is -2.12. The molecule has 0 aliphatic heterocycles. The van der Waals surface area contributed by atoms with Gasteiger partial charge in [-0.3, -0.25) is 4.79 Å². The maximum atomic E-state index is 11.1. The predicted octanol–water partition coefficient (Wildman–Crippen LogP) is 2.24. The number of hydrogen-bond donors (Lipinski definition) is 1. The van der Waals surface area contributed by atoms with Gasteiger partial charge in [-0.15, -0.1) is 0 Å². The Hall–Kier alpha value is -1.51. The molecule has 1 aromatic carbocycles. The second-order valence-electron chi connectivity index (χ2n) is 4.14. The highest BCUT2D eigenvalue weighted by atomic mass is 16.5. The summed E-state index contributed by atoms with van der Waals surface area (Å²) in [6, 6.07) is 6.12. The van der Waals surface area contributed by atoms with Gasteiger partial charge in [-0.1, -0.05) is 26.0 Å². The Kier molecular flexibility index (Phi) is 4.35. The van der Waals surface area contributed by atoms with E-state index in [2.05, 4.69) is 25.2 Å². The summed E-state index contributed by atoms with van der Waals surface area (Å²) in [6.45, 7) is 6.31. The molecule has 0 saturated carbocycles. The first kappa shape index (κ1) is 12.6. The van der Waals surface area contributed by atoms with E-state index in [1.54, 1.807) is 7.05 Å². The molecular weight excluding hydrogens is 202 g/mol. The van der Waals surface area contributed by atoms with Crippen LogP contribution < -0.4 is 10.1 Å². The smallest absolute Gasteiger partial charge is 0.257 e. The Morgan fingerprint density at radius 1 is 1.44 bits per heavy atom. The Bertz CT molecular complexity index is 372. The van der Waals surface area contributed by atoms with Crippen molar-refractivity contribution in [3.8, 4) is 5.75 Å². The zero-order chi connectivity index (χ0) is 12.1. The van der Waals surface area contributed by atoms with Gasteiger partial charge in [0.05, 0.1) is 0 Å². The molecule has 0 unspecified atom stereocenters. The van der Waals surface area contributed by atoms with Gasteiger partial charge in [0, 0.05) is 7.05 Å². The Morgan fingerprint density at radius 2 is 2.12 bits per heavy atom. The van der Waals surface area contributed by atoms with Gasteiger partial charge in [0.2, 0.25) is 0 Å². The molecule has 0 aliphatic rings. The number of hydrogen-bond acceptors (Lipinski definition) is 2. The normalized spacial score (nSPS) is 10.3. The molecule has 1 rings (SSSR count). The highest BCUT2D eigenvalue weighted by Gasteiger charge is 2.06. The van der Waals surface area contributed by atoms with Gasteiger partial charge >= 0.3 is 0 Å². The lowest BCUT2D eigenvalue weighted by atomic mass is 10.0. The largest absolute Gasteiger partial charge is 0.483 e. The van der Waals surface area contributed by atoms with Gasteiger partial charge < -0.3 is 10.1 Å². The minimum atomic E-state index is -0.116. The number of ether oxygens (including phenoxy) is 1. The van der Waals surface area contributed by atoms with Gasteiger partial charge in [-0.2, -0.15) is 0 Å².